The van der Waals surface area contributed by atoms with E-state index in [0.29, 0.717) is 23.3 Å². The van der Waals surface area contributed by atoms with E-state index in [0.717, 1.165) is 11.3 Å². The zero-order valence-corrected chi connectivity index (χ0v) is 17.8. The van der Waals surface area contributed by atoms with Crippen LogP contribution in [0.4, 0.5) is 0 Å². The minimum atomic E-state index is -0.783. The smallest absolute Gasteiger partial charge is 0.295 e. The molecule has 2 aromatic carbocycles. The van der Waals surface area contributed by atoms with Gasteiger partial charge < -0.3 is 24.2 Å². The van der Waals surface area contributed by atoms with Crippen LogP contribution in [0, 0.1) is 0 Å². The first-order valence-corrected chi connectivity index (χ1v) is 10.2. The molecule has 1 saturated heterocycles. The van der Waals surface area contributed by atoms with Crippen LogP contribution in [0.5, 0.6) is 11.5 Å². The van der Waals surface area contributed by atoms with Crippen LogP contribution in [-0.2, 0) is 20.7 Å². The SMILES string of the molecule is COCCN1C(=O)C(=O)C(=C(O)c2ccc3c(c2)CC(C)O3)C1c1ccccc1OC. The molecule has 1 fully saturated rings. The number of benzene rings is 2. The lowest BCUT2D eigenvalue weighted by Gasteiger charge is -2.26. The highest BCUT2D eigenvalue weighted by atomic mass is 16.5. The van der Waals surface area contributed by atoms with Crippen molar-refractivity contribution < 1.29 is 28.9 Å². The minimum Gasteiger partial charge on any atom is -0.507 e. The van der Waals surface area contributed by atoms with Crippen molar-refractivity contribution in [2.24, 2.45) is 0 Å². The number of ketones is 1. The number of hydrogen-bond donors (Lipinski definition) is 1. The van der Waals surface area contributed by atoms with Crippen LogP contribution < -0.4 is 9.47 Å². The van der Waals surface area contributed by atoms with E-state index in [1.807, 2.05) is 25.1 Å². The molecule has 2 unspecified atom stereocenters. The maximum absolute atomic E-state index is 13.0. The van der Waals surface area contributed by atoms with Crippen molar-refractivity contribution >= 4 is 17.4 Å². The molecule has 31 heavy (non-hydrogen) atoms. The molecule has 0 aromatic heterocycles. The predicted octanol–water partition coefficient (Wildman–Crippen LogP) is 3.09. The van der Waals surface area contributed by atoms with Crippen LogP contribution in [0.15, 0.2) is 48.0 Å². The molecule has 7 nitrogen and oxygen atoms in total. The third kappa shape index (κ3) is 3.65. The lowest BCUT2D eigenvalue weighted by atomic mass is 9.94. The summed E-state index contributed by atoms with van der Waals surface area (Å²) in [4.78, 5) is 27.4. The van der Waals surface area contributed by atoms with E-state index in [4.69, 9.17) is 14.2 Å². The largest absolute Gasteiger partial charge is 0.507 e. The molecule has 1 N–H and O–H groups in total. The van der Waals surface area contributed by atoms with Crippen molar-refractivity contribution in [1.29, 1.82) is 0 Å². The average Bonchev–Trinajstić information content (AvgIpc) is 3.27. The molecular formula is C24H25NO6. The molecule has 2 atom stereocenters. The van der Waals surface area contributed by atoms with Gasteiger partial charge >= 0.3 is 0 Å². The average molecular weight is 423 g/mol. The second-order valence-corrected chi connectivity index (χ2v) is 7.68. The number of rotatable bonds is 6. The van der Waals surface area contributed by atoms with Gasteiger partial charge in [0, 0.05) is 31.2 Å². The molecule has 2 aromatic rings. The van der Waals surface area contributed by atoms with Crippen molar-refractivity contribution in [1.82, 2.24) is 4.90 Å². The number of methoxy groups -OCH3 is 2. The molecule has 0 spiro atoms. The number of ether oxygens (including phenoxy) is 3. The molecule has 1 amide bonds. The van der Waals surface area contributed by atoms with E-state index in [9.17, 15) is 14.7 Å². The first-order valence-electron chi connectivity index (χ1n) is 10.2. The molecule has 0 aliphatic carbocycles. The Hall–Kier alpha value is -3.32. The lowest BCUT2D eigenvalue weighted by molar-refractivity contribution is -0.140. The predicted molar refractivity (Wildman–Crippen MR) is 114 cm³/mol. The Labute approximate surface area is 180 Å². The Bertz CT molecular complexity index is 1060. The monoisotopic (exact) mass is 423 g/mol. The summed E-state index contributed by atoms with van der Waals surface area (Å²) in [5.74, 6) is -0.316. The Morgan fingerprint density at radius 3 is 2.71 bits per heavy atom. The molecule has 0 bridgehead atoms. The highest BCUT2D eigenvalue weighted by Gasteiger charge is 2.46. The number of likely N-dealkylation sites (tertiary alicyclic amines) is 1. The van der Waals surface area contributed by atoms with Gasteiger partial charge in [0.25, 0.3) is 11.7 Å². The van der Waals surface area contributed by atoms with E-state index in [-0.39, 0.29) is 30.6 Å². The highest BCUT2D eigenvalue weighted by molar-refractivity contribution is 6.46. The molecular weight excluding hydrogens is 398 g/mol. The van der Waals surface area contributed by atoms with Crippen molar-refractivity contribution in [3.8, 4) is 11.5 Å². The number of aliphatic hydroxyl groups is 1. The van der Waals surface area contributed by atoms with Crippen molar-refractivity contribution in [3.05, 3.63) is 64.7 Å². The highest BCUT2D eigenvalue weighted by Crippen LogP contribution is 2.43. The fourth-order valence-electron chi connectivity index (χ4n) is 4.24. The summed E-state index contributed by atoms with van der Waals surface area (Å²) in [7, 11) is 3.06. The third-order valence-corrected chi connectivity index (χ3v) is 5.68. The lowest BCUT2D eigenvalue weighted by Crippen LogP contribution is -2.32. The number of aliphatic hydroxyl groups excluding tert-OH is 1. The van der Waals surface area contributed by atoms with Gasteiger partial charge in [-0.1, -0.05) is 18.2 Å². The van der Waals surface area contributed by atoms with Crippen LogP contribution in [0.1, 0.15) is 29.7 Å². The van der Waals surface area contributed by atoms with Gasteiger partial charge in [-0.15, -0.1) is 0 Å². The summed E-state index contributed by atoms with van der Waals surface area (Å²) in [6.07, 6.45) is 0.773. The summed E-state index contributed by atoms with van der Waals surface area (Å²) in [5.41, 5.74) is 2.09. The van der Waals surface area contributed by atoms with Gasteiger partial charge in [-0.25, -0.2) is 0 Å². The summed E-state index contributed by atoms with van der Waals surface area (Å²) in [6.45, 7) is 2.44. The maximum Gasteiger partial charge on any atom is 0.295 e. The van der Waals surface area contributed by atoms with E-state index in [1.165, 1.54) is 19.1 Å². The van der Waals surface area contributed by atoms with Gasteiger partial charge in [-0.05, 0) is 36.8 Å². The standard InChI is InChI=1S/C24H25NO6/c1-14-12-16-13-15(8-9-18(16)31-14)22(26)20-21(17-6-4-5-7-19(17)30-3)25(10-11-29-2)24(28)23(20)27/h4-9,13-14,21,26H,10-12H2,1-3H3. The van der Waals surface area contributed by atoms with E-state index >= 15 is 0 Å². The van der Waals surface area contributed by atoms with Gasteiger partial charge in [-0.3, -0.25) is 9.59 Å². The molecule has 0 saturated carbocycles. The molecule has 2 aliphatic heterocycles. The van der Waals surface area contributed by atoms with Crippen LogP contribution in [0.2, 0.25) is 0 Å². The van der Waals surface area contributed by atoms with Crippen LogP contribution in [-0.4, -0.2) is 55.2 Å². The quantitative estimate of drug-likeness (QED) is 0.437. The second-order valence-electron chi connectivity index (χ2n) is 7.68. The number of carbonyl (C=O) groups is 2. The summed E-state index contributed by atoms with van der Waals surface area (Å²) in [5, 5.41) is 11.2. The molecule has 2 aliphatic rings. The van der Waals surface area contributed by atoms with Crippen molar-refractivity contribution in [2.75, 3.05) is 27.4 Å². The number of Topliss-reactive ketones (excluding diaryl/α,β-unsaturated/α-hetero) is 1. The molecule has 2 heterocycles. The summed E-state index contributed by atoms with van der Waals surface area (Å²) >= 11 is 0. The maximum atomic E-state index is 13.0. The number of fused-ring (bicyclic) bond motifs is 1. The first-order chi connectivity index (χ1) is 15.0. The fourth-order valence-corrected chi connectivity index (χ4v) is 4.24. The Kier molecular flexibility index (Phi) is 5.69. The van der Waals surface area contributed by atoms with Crippen LogP contribution >= 0.6 is 0 Å². The Morgan fingerprint density at radius 1 is 1.19 bits per heavy atom. The minimum absolute atomic E-state index is 0.0394. The van der Waals surface area contributed by atoms with Crippen LogP contribution in [0.25, 0.3) is 5.76 Å². The second kappa shape index (κ2) is 8.43. The van der Waals surface area contributed by atoms with Gasteiger partial charge in [0.15, 0.2) is 0 Å². The number of carbonyl (C=O) groups excluding carboxylic acids is 2. The van der Waals surface area contributed by atoms with Crippen LogP contribution in [0.3, 0.4) is 0 Å². The third-order valence-electron chi connectivity index (χ3n) is 5.68. The number of nitrogens with zero attached hydrogens (tertiary/aromatic N) is 1. The van der Waals surface area contributed by atoms with E-state index in [2.05, 4.69) is 0 Å². The van der Waals surface area contributed by atoms with Gasteiger partial charge in [0.2, 0.25) is 0 Å². The molecule has 4 rings (SSSR count). The van der Waals surface area contributed by atoms with Gasteiger partial charge in [-0.2, -0.15) is 0 Å². The summed E-state index contributed by atoms with van der Waals surface area (Å²) < 4.78 is 16.4. The Morgan fingerprint density at radius 2 is 1.97 bits per heavy atom. The normalized spacial score (nSPS) is 21.8. The van der Waals surface area contributed by atoms with Crippen molar-refractivity contribution in [3.63, 3.8) is 0 Å². The number of para-hydroxylation sites is 1. The fraction of sp³-hybridized carbons (Fsp3) is 0.333. The summed E-state index contributed by atoms with van der Waals surface area (Å²) in [6, 6.07) is 11.7. The van der Waals surface area contributed by atoms with Gasteiger partial charge in [0.05, 0.1) is 25.3 Å². The molecule has 7 heteroatoms. The molecule has 0 radical (unpaired) electrons. The Balaban J connectivity index is 1.86. The van der Waals surface area contributed by atoms with E-state index < -0.39 is 17.7 Å². The zero-order chi connectivity index (χ0) is 22.1. The van der Waals surface area contributed by atoms with Crippen molar-refractivity contribution in [2.45, 2.75) is 25.5 Å². The number of amides is 1. The zero-order valence-electron chi connectivity index (χ0n) is 17.8. The first kappa shape index (κ1) is 20.9. The number of hydrogen-bond acceptors (Lipinski definition) is 6. The van der Waals surface area contributed by atoms with Gasteiger partial charge in [0.1, 0.15) is 23.4 Å². The van der Waals surface area contributed by atoms with E-state index in [1.54, 1.807) is 24.3 Å². The topological polar surface area (TPSA) is 85.3 Å². The molecule has 162 valence electrons.